The number of hydrazone groups is 1. The van der Waals surface area contributed by atoms with Crippen LogP contribution in [-0.4, -0.2) is 67.9 Å². The van der Waals surface area contributed by atoms with Crippen LogP contribution in [0, 0.1) is 0 Å². The van der Waals surface area contributed by atoms with Gasteiger partial charge in [-0.05, 0) is 6.26 Å². The van der Waals surface area contributed by atoms with Crippen LogP contribution in [0.4, 0.5) is 0 Å². The monoisotopic (exact) mass is 282 g/mol. The van der Waals surface area contributed by atoms with Gasteiger partial charge in [-0.2, -0.15) is 0 Å². The molecule has 98 valence electrons. The summed E-state index contributed by atoms with van der Waals surface area (Å²) < 4.78 is 5.41. The van der Waals surface area contributed by atoms with Gasteiger partial charge in [0.15, 0.2) is 16.5 Å². The van der Waals surface area contributed by atoms with Gasteiger partial charge in [-0.15, -0.1) is 5.10 Å². The number of aliphatic hydroxyl groups is 4. The quantitative estimate of drug-likeness (QED) is 0.299. The molecule has 0 unspecified atom stereocenters. The average molecular weight is 282 g/mol. The van der Waals surface area contributed by atoms with Gasteiger partial charge in [-0.1, -0.05) is 24.0 Å². The summed E-state index contributed by atoms with van der Waals surface area (Å²) in [5, 5.41) is 40.9. The number of thioether (sulfide) groups is 1. The summed E-state index contributed by atoms with van der Waals surface area (Å²) in [7, 11) is 0. The van der Waals surface area contributed by atoms with Crippen molar-refractivity contribution in [3.8, 4) is 0 Å². The van der Waals surface area contributed by atoms with Gasteiger partial charge in [0.25, 0.3) is 0 Å². The van der Waals surface area contributed by atoms with E-state index in [0.29, 0.717) is 4.32 Å². The Morgan fingerprint density at radius 2 is 2.29 bits per heavy atom. The maximum absolute atomic E-state index is 9.57. The molecule has 0 aromatic rings. The first-order chi connectivity index (χ1) is 8.01. The van der Waals surface area contributed by atoms with E-state index in [4.69, 9.17) is 22.1 Å². The summed E-state index contributed by atoms with van der Waals surface area (Å²) in [6, 6.07) is 0. The zero-order valence-electron chi connectivity index (χ0n) is 8.98. The Bertz CT molecular complexity index is 314. The molecule has 1 fully saturated rings. The van der Waals surface area contributed by atoms with Crippen molar-refractivity contribution in [1.29, 1.82) is 0 Å². The van der Waals surface area contributed by atoms with Crippen LogP contribution in [-0.2, 0) is 4.74 Å². The Morgan fingerprint density at radius 1 is 1.65 bits per heavy atom. The minimum Gasteiger partial charge on any atom is -0.469 e. The van der Waals surface area contributed by atoms with Crippen LogP contribution in [0.2, 0.25) is 0 Å². The van der Waals surface area contributed by atoms with E-state index in [1.54, 1.807) is 6.26 Å². The molecular weight excluding hydrogens is 268 g/mol. The van der Waals surface area contributed by atoms with Gasteiger partial charge >= 0.3 is 0 Å². The summed E-state index contributed by atoms with van der Waals surface area (Å²) in [5.74, 6) is -0.175. The summed E-state index contributed by atoms with van der Waals surface area (Å²) in [6.07, 6.45) is -3.37. The molecule has 0 bridgehead atoms. The first-order valence-electron chi connectivity index (χ1n) is 4.74. The fourth-order valence-electron chi connectivity index (χ4n) is 1.25. The van der Waals surface area contributed by atoms with E-state index >= 15 is 0 Å². The summed E-state index contributed by atoms with van der Waals surface area (Å²) >= 11 is 6.06. The molecule has 1 saturated heterocycles. The molecule has 0 aromatic heterocycles. The van der Waals surface area contributed by atoms with Gasteiger partial charge < -0.3 is 25.2 Å². The summed E-state index contributed by atoms with van der Waals surface area (Å²) in [6.45, 7) is -0.585. The van der Waals surface area contributed by atoms with Crippen molar-refractivity contribution in [2.75, 3.05) is 12.9 Å². The van der Waals surface area contributed by atoms with E-state index in [1.807, 2.05) is 0 Å². The minimum atomic E-state index is -1.36. The van der Waals surface area contributed by atoms with Crippen molar-refractivity contribution < 1.29 is 25.2 Å². The lowest BCUT2D eigenvalue weighted by molar-refractivity contribution is -0.0589. The Hall–Kier alpha value is -0.450. The predicted molar refractivity (Wildman–Crippen MR) is 66.7 cm³/mol. The molecule has 1 aliphatic rings. The molecule has 0 aromatic carbocycles. The molecule has 4 atom stereocenters. The van der Waals surface area contributed by atoms with E-state index in [9.17, 15) is 15.3 Å². The molecule has 5 N–H and O–H groups in total. The first kappa shape index (κ1) is 14.6. The van der Waals surface area contributed by atoms with Crippen LogP contribution < -0.4 is 5.43 Å². The second-order valence-corrected chi connectivity index (χ2v) is 4.80. The lowest BCUT2D eigenvalue weighted by Gasteiger charge is -2.17. The molecular formula is C8H14N2O5S2. The van der Waals surface area contributed by atoms with Crippen molar-refractivity contribution in [1.82, 2.24) is 5.43 Å². The zero-order valence-corrected chi connectivity index (χ0v) is 10.6. The van der Waals surface area contributed by atoms with Crippen LogP contribution in [0.25, 0.3) is 0 Å². The van der Waals surface area contributed by atoms with Gasteiger partial charge in [-0.25, -0.2) is 0 Å². The highest BCUT2D eigenvalue weighted by atomic mass is 32.2. The molecule has 1 heterocycles. The Kier molecular flexibility index (Phi) is 5.56. The van der Waals surface area contributed by atoms with Gasteiger partial charge in [-0.3, -0.25) is 5.43 Å². The van der Waals surface area contributed by atoms with Crippen molar-refractivity contribution in [2.24, 2.45) is 5.10 Å². The van der Waals surface area contributed by atoms with E-state index in [2.05, 4.69) is 10.5 Å². The molecule has 17 heavy (non-hydrogen) atoms. The predicted octanol–water partition coefficient (Wildman–Crippen LogP) is -1.99. The summed E-state index contributed by atoms with van der Waals surface area (Å²) in [5.41, 5.74) is 2.44. The molecule has 0 spiro atoms. The zero-order chi connectivity index (χ0) is 13.0. The number of hydrogen-bond acceptors (Lipinski definition) is 8. The second-order valence-electron chi connectivity index (χ2n) is 3.32. The molecule has 1 rings (SSSR count). The van der Waals surface area contributed by atoms with Gasteiger partial charge in [0.05, 0.1) is 6.61 Å². The third-order valence-electron chi connectivity index (χ3n) is 2.18. The number of hydrogen-bond donors (Lipinski definition) is 5. The number of ether oxygens (including phenoxy) is 1. The molecule has 0 radical (unpaired) electrons. The maximum Gasteiger partial charge on any atom is 0.238 e. The SMILES string of the molecule is CSC(=S)N/N=C1\O[C@@H]([C@H](O)CO)[C@H](O)[C@H]1O. The third-order valence-corrected chi connectivity index (χ3v) is 3.23. The van der Waals surface area contributed by atoms with Crippen LogP contribution in [0.3, 0.4) is 0 Å². The summed E-state index contributed by atoms with van der Waals surface area (Å²) in [4.78, 5) is 0. The van der Waals surface area contributed by atoms with E-state index in [0.717, 1.165) is 0 Å². The van der Waals surface area contributed by atoms with Gasteiger partial charge in [0, 0.05) is 0 Å². The molecule has 1 aliphatic heterocycles. The Morgan fingerprint density at radius 3 is 2.82 bits per heavy atom. The Labute approximate surface area is 107 Å². The van der Waals surface area contributed by atoms with Crippen LogP contribution in [0.1, 0.15) is 0 Å². The van der Waals surface area contributed by atoms with E-state index in [-0.39, 0.29) is 5.90 Å². The van der Waals surface area contributed by atoms with Gasteiger partial charge in [0.2, 0.25) is 5.90 Å². The number of thiocarbonyl (C=S) groups is 1. The van der Waals surface area contributed by atoms with Gasteiger partial charge in [0.1, 0.15) is 12.2 Å². The lowest BCUT2D eigenvalue weighted by Crippen LogP contribution is -2.40. The fraction of sp³-hybridized carbons (Fsp3) is 0.750. The minimum absolute atomic E-state index is 0.175. The highest BCUT2D eigenvalue weighted by Gasteiger charge is 2.44. The van der Waals surface area contributed by atoms with Crippen LogP contribution in [0.5, 0.6) is 0 Å². The largest absolute Gasteiger partial charge is 0.469 e. The first-order valence-corrected chi connectivity index (χ1v) is 6.37. The maximum atomic E-state index is 9.57. The molecule has 7 nitrogen and oxygen atoms in total. The number of rotatable bonds is 3. The standard InChI is InChI=1S/C8H14N2O5S2/c1-17-8(16)10-9-7-5(14)4(13)6(15-7)3(12)2-11/h3-6,11-14H,2H2,1H3,(H,10,16)/b9-7-/t3-,4-,5-,6+/m1/s1. The van der Waals surface area contributed by atoms with Crippen LogP contribution >= 0.6 is 24.0 Å². The van der Waals surface area contributed by atoms with Crippen molar-refractivity contribution >= 4 is 34.2 Å². The molecule has 9 heteroatoms. The van der Waals surface area contributed by atoms with E-state index < -0.39 is 31.0 Å². The highest BCUT2D eigenvalue weighted by molar-refractivity contribution is 8.22. The second kappa shape index (κ2) is 6.47. The molecule has 0 amide bonds. The smallest absolute Gasteiger partial charge is 0.238 e. The van der Waals surface area contributed by atoms with E-state index in [1.165, 1.54) is 11.8 Å². The molecule has 0 aliphatic carbocycles. The third kappa shape index (κ3) is 3.50. The average Bonchev–Trinajstić information content (AvgIpc) is 2.62. The molecule has 0 saturated carbocycles. The number of aliphatic hydroxyl groups excluding tert-OH is 4. The van der Waals surface area contributed by atoms with Crippen LogP contribution in [0.15, 0.2) is 5.10 Å². The normalized spacial score (nSPS) is 32.3. The topological polar surface area (TPSA) is 115 Å². The number of nitrogens with one attached hydrogen (secondary N) is 1. The highest BCUT2D eigenvalue weighted by Crippen LogP contribution is 2.19. The Balaban J connectivity index is 2.68. The van der Waals surface area contributed by atoms with Crippen molar-refractivity contribution in [3.63, 3.8) is 0 Å². The van der Waals surface area contributed by atoms with Crippen molar-refractivity contribution in [2.45, 2.75) is 24.4 Å². The number of nitrogens with zero attached hydrogens (tertiary/aromatic N) is 1. The fourth-order valence-corrected chi connectivity index (χ4v) is 1.44. The van der Waals surface area contributed by atoms with Crippen molar-refractivity contribution in [3.05, 3.63) is 0 Å². The lowest BCUT2D eigenvalue weighted by atomic mass is 10.1.